The number of hydrogen-bond acceptors (Lipinski definition) is 3. The smallest absolute Gasteiger partial charge is 0.310 e. The summed E-state index contributed by atoms with van der Waals surface area (Å²) in [5.41, 5.74) is -0.929. The van der Waals surface area contributed by atoms with Crippen molar-refractivity contribution in [3.8, 4) is 0 Å². The van der Waals surface area contributed by atoms with Crippen LogP contribution in [0.5, 0.6) is 0 Å². The highest BCUT2D eigenvalue weighted by molar-refractivity contribution is 5.91. The van der Waals surface area contributed by atoms with E-state index in [0.29, 0.717) is 32.4 Å². The minimum absolute atomic E-state index is 0.0200. The lowest BCUT2D eigenvalue weighted by Crippen LogP contribution is -2.57. The van der Waals surface area contributed by atoms with Crippen molar-refractivity contribution in [1.29, 1.82) is 0 Å². The predicted octanol–water partition coefficient (Wildman–Crippen LogP) is 1.15. The fourth-order valence-corrected chi connectivity index (χ4v) is 3.50. The van der Waals surface area contributed by atoms with Crippen LogP contribution in [0, 0.1) is 5.41 Å². The zero-order valence-corrected chi connectivity index (χ0v) is 12.6. The number of nitrogens with zero attached hydrogens (tertiary/aromatic N) is 1. The van der Waals surface area contributed by atoms with E-state index in [0.717, 1.165) is 19.3 Å². The first-order valence-corrected chi connectivity index (χ1v) is 7.81. The third kappa shape index (κ3) is 3.19. The normalized spacial score (nSPS) is 25.3. The second-order valence-electron chi connectivity index (χ2n) is 6.13. The molecule has 1 aliphatic heterocycles. The summed E-state index contributed by atoms with van der Waals surface area (Å²) in [5.74, 6) is -1.20. The number of amides is 2. The van der Waals surface area contributed by atoms with Gasteiger partial charge in [0, 0.05) is 19.5 Å². The van der Waals surface area contributed by atoms with Gasteiger partial charge >= 0.3 is 5.97 Å². The number of hydrogen-bond donors (Lipinski definition) is 2. The van der Waals surface area contributed by atoms with Crippen LogP contribution in [0.1, 0.15) is 51.9 Å². The number of carbonyl (C=O) groups is 3. The Kier molecular flexibility index (Phi) is 4.85. The third-order valence-electron chi connectivity index (χ3n) is 4.79. The van der Waals surface area contributed by atoms with Gasteiger partial charge in [-0.2, -0.15) is 0 Å². The number of nitrogens with one attached hydrogen (secondary N) is 1. The van der Waals surface area contributed by atoms with Crippen molar-refractivity contribution in [2.24, 2.45) is 5.41 Å². The maximum Gasteiger partial charge on any atom is 0.310 e. The molecule has 0 aromatic rings. The SMILES string of the molecule is CCC1C(=O)NCCN1C(=O)CC1(C(=O)O)CCCCC1. The first-order valence-electron chi connectivity index (χ1n) is 7.81. The molecule has 2 amide bonds. The molecule has 1 saturated heterocycles. The average Bonchev–Trinajstić information content (AvgIpc) is 2.47. The summed E-state index contributed by atoms with van der Waals surface area (Å²) in [5, 5.41) is 12.3. The van der Waals surface area contributed by atoms with Gasteiger partial charge in [0.05, 0.1) is 5.41 Å². The summed E-state index contributed by atoms with van der Waals surface area (Å²) in [6.45, 7) is 2.78. The van der Waals surface area contributed by atoms with Crippen molar-refractivity contribution < 1.29 is 19.5 Å². The van der Waals surface area contributed by atoms with E-state index < -0.39 is 17.4 Å². The highest BCUT2D eigenvalue weighted by Crippen LogP contribution is 2.40. The molecule has 1 heterocycles. The Balaban J connectivity index is 2.11. The molecule has 2 N–H and O–H groups in total. The van der Waals surface area contributed by atoms with Gasteiger partial charge < -0.3 is 15.3 Å². The standard InChI is InChI=1S/C15H24N2O4/c1-2-11-13(19)16-8-9-17(11)12(18)10-15(14(20)21)6-4-3-5-7-15/h11H,2-10H2,1H3,(H,16,19)(H,20,21). The fourth-order valence-electron chi connectivity index (χ4n) is 3.50. The van der Waals surface area contributed by atoms with Gasteiger partial charge in [-0.15, -0.1) is 0 Å². The number of carbonyl (C=O) groups excluding carboxylic acids is 2. The van der Waals surface area contributed by atoms with E-state index in [9.17, 15) is 19.5 Å². The molecule has 0 spiro atoms. The Morgan fingerprint density at radius 1 is 1.33 bits per heavy atom. The average molecular weight is 296 g/mol. The van der Waals surface area contributed by atoms with Crippen molar-refractivity contribution >= 4 is 17.8 Å². The largest absolute Gasteiger partial charge is 0.481 e. The Hall–Kier alpha value is -1.59. The van der Waals surface area contributed by atoms with Crippen molar-refractivity contribution in [3.05, 3.63) is 0 Å². The Morgan fingerprint density at radius 2 is 2.00 bits per heavy atom. The highest BCUT2D eigenvalue weighted by atomic mass is 16.4. The van der Waals surface area contributed by atoms with Crippen molar-refractivity contribution in [3.63, 3.8) is 0 Å². The first kappa shape index (κ1) is 15.8. The van der Waals surface area contributed by atoms with Gasteiger partial charge in [-0.25, -0.2) is 0 Å². The Morgan fingerprint density at radius 3 is 2.57 bits per heavy atom. The van der Waals surface area contributed by atoms with Crippen LogP contribution >= 0.6 is 0 Å². The molecule has 2 aliphatic rings. The summed E-state index contributed by atoms with van der Waals surface area (Å²) in [6, 6.07) is -0.458. The van der Waals surface area contributed by atoms with Crippen molar-refractivity contribution in [2.75, 3.05) is 13.1 Å². The molecule has 0 radical (unpaired) electrons. The van der Waals surface area contributed by atoms with Gasteiger partial charge in [0.25, 0.3) is 0 Å². The molecule has 2 rings (SSSR count). The summed E-state index contributed by atoms with van der Waals surface area (Å²) in [4.78, 5) is 37.6. The van der Waals surface area contributed by atoms with Crippen LogP contribution < -0.4 is 5.32 Å². The summed E-state index contributed by atoms with van der Waals surface area (Å²) >= 11 is 0. The number of piperazine rings is 1. The van der Waals surface area contributed by atoms with Gasteiger partial charge in [-0.3, -0.25) is 14.4 Å². The zero-order valence-electron chi connectivity index (χ0n) is 12.6. The Bertz CT molecular complexity index is 429. The van der Waals surface area contributed by atoms with Crippen LogP contribution in [0.4, 0.5) is 0 Å². The molecule has 6 heteroatoms. The van der Waals surface area contributed by atoms with E-state index >= 15 is 0 Å². The molecule has 118 valence electrons. The van der Waals surface area contributed by atoms with E-state index in [4.69, 9.17) is 0 Å². The van der Waals surface area contributed by atoms with Gasteiger partial charge in [0.2, 0.25) is 11.8 Å². The topological polar surface area (TPSA) is 86.7 Å². The summed E-state index contributed by atoms with van der Waals surface area (Å²) < 4.78 is 0. The molecular formula is C15H24N2O4. The van der Waals surface area contributed by atoms with E-state index in [1.54, 1.807) is 4.90 Å². The van der Waals surface area contributed by atoms with E-state index in [2.05, 4.69) is 5.32 Å². The maximum absolute atomic E-state index is 12.6. The molecule has 1 saturated carbocycles. The second kappa shape index (κ2) is 6.45. The maximum atomic E-state index is 12.6. The molecular weight excluding hydrogens is 272 g/mol. The summed E-state index contributed by atoms with van der Waals surface area (Å²) in [7, 11) is 0. The molecule has 0 aromatic carbocycles. The van der Waals surface area contributed by atoms with Gasteiger partial charge in [0.1, 0.15) is 6.04 Å². The van der Waals surface area contributed by atoms with E-state index in [1.165, 1.54) is 0 Å². The minimum Gasteiger partial charge on any atom is -0.481 e. The third-order valence-corrected chi connectivity index (χ3v) is 4.79. The minimum atomic E-state index is -0.929. The van der Waals surface area contributed by atoms with Crippen LogP contribution in [0.15, 0.2) is 0 Å². The molecule has 6 nitrogen and oxygen atoms in total. The Labute approximate surface area is 124 Å². The molecule has 1 aliphatic carbocycles. The molecule has 21 heavy (non-hydrogen) atoms. The van der Waals surface area contributed by atoms with Crippen molar-refractivity contribution in [2.45, 2.75) is 57.9 Å². The van der Waals surface area contributed by atoms with Gasteiger partial charge in [0.15, 0.2) is 0 Å². The number of aliphatic carboxylic acids is 1. The van der Waals surface area contributed by atoms with Gasteiger partial charge in [-0.05, 0) is 19.3 Å². The second-order valence-corrected chi connectivity index (χ2v) is 6.13. The van der Waals surface area contributed by atoms with Crippen molar-refractivity contribution in [1.82, 2.24) is 10.2 Å². The van der Waals surface area contributed by atoms with E-state index in [1.807, 2.05) is 6.92 Å². The van der Waals surface area contributed by atoms with Gasteiger partial charge in [-0.1, -0.05) is 26.2 Å². The lowest BCUT2D eigenvalue weighted by Gasteiger charge is -2.38. The van der Waals surface area contributed by atoms with E-state index in [-0.39, 0.29) is 18.2 Å². The first-order chi connectivity index (χ1) is 10.00. The summed E-state index contributed by atoms with van der Waals surface area (Å²) in [6.07, 6.45) is 4.45. The molecule has 2 fully saturated rings. The van der Waals surface area contributed by atoms with Crippen LogP contribution in [0.25, 0.3) is 0 Å². The van der Waals surface area contributed by atoms with Crippen LogP contribution in [0.3, 0.4) is 0 Å². The highest BCUT2D eigenvalue weighted by Gasteiger charge is 2.43. The number of carboxylic acids is 1. The predicted molar refractivity (Wildman–Crippen MR) is 76.6 cm³/mol. The monoisotopic (exact) mass is 296 g/mol. The molecule has 0 aromatic heterocycles. The lowest BCUT2D eigenvalue weighted by molar-refractivity contribution is -0.157. The molecule has 0 bridgehead atoms. The lowest BCUT2D eigenvalue weighted by atomic mass is 9.71. The zero-order chi connectivity index (χ0) is 15.5. The molecule has 1 atom stereocenters. The van der Waals surface area contributed by atoms with Crippen LogP contribution in [-0.2, 0) is 14.4 Å². The number of rotatable bonds is 4. The quantitative estimate of drug-likeness (QED) is 0.814. The number of carboxylic acid groups (broad SMARTS) is 1. The molecule has 1 unspecified atom stereocenters. The van der Waals surface area contributed by atoms with Crippen LogP contribution in [0.2, 0.25) is 0 Å². The fraction of sp³-hybridized carbons (Fsp3) is 0.800. The van der Waals surface area contributed by atoms with Crippen LogP contribution in [-0.4, -0.2) is 46.9 Å².